The zero-order chi connectivity index (χ0) is 73.7. The van der Waals surface area contributed by atoms with Crippen LogP contribution in [0.1, 0.15) is 290 Å². The molecule has 0 heterocycles. The standard InChI is InChI=1S/C83H138O16P2/c1-4-7-10-13-16-19-22-25-28-30-32-34-36-37-38-39-41-43-44-46-49-51-54-57-60-63-66-69-81(86)93-72-78(84)73-95-100(89,90)96-74-79(85)75-97-101(91,92)98-77-80(99-83(88)71-68-65-62-59-56-53-48-27-24-21-18-15-12-9-6-3)76-94-82(87)70-67-64-61-58-55-52-50-47-45-42-40-35-33-31-29-26-23-20-17-14-11-8-5-2/h7-8,10-11,16-21,25-29,32-35,37-38,41-43,45,48,78-80,84-85H,4-6,9,12-15,22-24,30-31,36,39-40,44,46-47,49-77H2,1-3H3,(H,89,90)(H,91,92)/b10-7-,11-8-,19-16-,20-17-,21-18-,28-25-,29-26-,34-32-,35-33-,38-37-,43-41-,45-42-,48-27-. The molecule has 0 aromatic carbocycles. The highest BCUT2D eigenvalue weighted by atomic mass is 31.2. The number of phosphoric ester groups is 2. The molecular weight excluding hydrogens is 1310 g/mol. The van der Waals surface area contributed by atoms with Crippen molar-refractivity contribution in [2.45, 2.75) is 309 Å². The van der Waals surface area contributed by atoms with Crippen LogP contribution in [-0.2, 0) is 55.8 Å². The second-order valence-electron chi connectivity index (χ2n) is 25.4. The summed E-state index contributed by atoms with van der Waals surface area (Å²) in [4.78, 5) is 58.6. The topological polar surface area (TPSA) is 231 Å². The number of aliphatic hydroxyl groups is 2. The van der Waals surface area contributed by atoms with E-state index < -0.39 is 91.5 Å². The lowest BCUT2D eigenvalue weighted by Gasteiger charge is -2.21. The number of phosphoric acid groups is 2. The van der Waals surface area contributed by atoms with Crippen LogP contribution in [0.25, 0.3) is 0 Å². The van der Waals surface area contributed by atoms with Crippen LogP contribution in [-0.4, -0.2) is 95.9 Å². The van der Waals surface area contributed by atoms with Crippen LogP contribution < -0.4 is 0 Å². The number of esters is 3. The summed E-state index contributed by atoms with van der Waals surface area (Å²) < 4.78 is 61.1. The van der Waals surface area contributed by atoms with Crippen LogP contribution in [0.2, 0.25) is 0 Å². The predicted molar refractivity (Wildman–Crippen MR) is 417 cm³/mol. The Labute approximate surface area is 612 Å². The molecule has 0 aliphatic rings. The van der Waals surface area contributed by atoms with E-state index in [4.69, 9.17) is 32.3 Å². The summed E-state index contributed by atoms with van der Waals surface area (Å²) in [5.74, 6) is -1.62. The van der Waals surface area contributed by atoms with Gasteiger partial charge in [-0.3, -0.25) is 32.5 Å². The lowest BCUT2D eigenvalue weighted by Crippen LogP contribution is -2.30. The Bertz CT molecular complexity index is 2470. The van der Waals surface area contributed by atoms with Crippen molar-refractivity contribution >= 4 is 33.6 Å². The third-order valence-electron chi connectivity index (χ3n) is 15.7. The monoisotopic (exact) mass is 1450 g/mol. The van der Waals surface area contributed by atoms with Gasteiger partial charge < -0.3 is 34.2 Å². The molecule has 5 atom stereocenters. The number of ether oxygens (including phenoxy) is 3. The Morgan fingerprint density at radius 1 is 0.287 bits per heavy atom. The van der Waals surface area contributed by atoms with Gasteiger partial charge in [-0.1, -0.05) is 281 Å². The molecule has 101 heavy (non-hydrogen) atoms. The molecule has 18 heteroatoms. The molecule has 0 aliphatic carbocycles. The van der Waals surface area contributed by atoms with Crippen molar-refractivity contribution in [2.24, 2.45) is 0 Å². The summed E-state index contributed by atoms with van der Waals surface area (Å²) in [7, 11) is -9.81. The lowest BCUT2D eigenvalue weighted by molar-refractivity contribution is -0.161. The highest BCUT2D eigenvalue weighted by molar-refractivity contribution is 7.47. The highest BCUT2D eigenvalue weighted by Crippen LogP contribution is 2.45. The minimum Gasteiger partial charge on any atom is -0.463 e. The van der Waals surface area contributed by atoms with E-state index in [2.05, 4.69) is 179 Å². The quantitative estimate of drug-likeness (QED) is 0.0146. The Kier molecular flexibility index (Phi) is 71.3. The van der Waals surface area contributed by atoms with Gasteiger partial charge in [0, 0.05) is 19.3 Å². The molecule has 0 spiro atoms. The second-order valence-corrected chi connectivity index (χ2v) is 28.3. The van der Waals surface area contributed by atoms with Crippen molar-refractivity contribution in [3.05, 3.63) is 158 Å². The zero-order valence-electron chi connectivity index (χ0n) is 62.8. The summed E-state index contributed by atoms with van der Waals surface area (Å²) in [6, 6.07) is 0. The molecule has 0 aromatic rings. The molecule has 4 N–H and O–H groups in total. The van der Waals surface area contributed by atoms with Crippen LogP contribution in [0.4, 0.5) is 0 Å². The molecule has 0 saturated carbocycles. The van der Waals surface area contributed by atoms with Crippen molar-refractivity contribution < 1.29 is 75.8 Å². The van der Waals surface area contributed by atoms with E-state index in [1.54, 1.807) is 0 Å². The van der Waals surface area contributed by atoms with Gasteiger partial charge in [0.05, 0.1) is 26.4 Å². The SMILES string of the molecule is CC/C=C\C/C=C\C/C=C\C/C=C\C/C=C\C/C=C\CCCCCCCCCCC(=O)OCC(O)COP(=O)(O)OCC(O)COP(=O)(O)OCC(COC(=O)CCCCCCCCC/C=C\C/C=C\C/C=C\C/C=C\C/C=C\CC)OC(=O)CCCCCCC/C=C\C/C=C\CCCCC. The molecule has 0 radical (unpaired) electrons. The van der Waals surface area contributed by atoms with E-state index >= 15 is 0 Å². The summed E-state index contributed by atoms with van der Waals surface area (Å²) in [5, 5.41) is 20.6. The molecule has 576 valence electrons. The Morgan fingerprint density at radius 3 is 0.832 bits per heavy atom. The molecule has 0 amide bonds. The molecule has 0 saturated heterocycles. The fourth-order valence-corrected chi connectivity index (χ4v) is 11.5. The van der Waals surface area contributed by atoms with Crippen LogP contribution in [0.5, 0.6) is 0 Å². The van der Waals surface area contributed by atoms with Crippen LogP contribution in [0.3, 0.4) is 0 Å². The van der Waals surface area contributed by atoms with Gasteiger partial charge in [-0.05, 0) is 148 Å². The predicted octanol–water partition coefficient (Wildman–Crippen LogP) is 22.6. The summed E-state index contributed by atoms with van der Waals surface area (Å²) in [6.45, 7) is 2.38. The first-order valence-corrected chi connectivity index (χ1v) is 41.8. The van der Waals surface area contributed by atoms with Crippen LogP contribution >= 0.6 is 15.6 Å². The fraction of sp³-hybridized carbons (Fsp3) is 0.651. The third kappa shape index (κ3) is 76.1. The number of carbonyl (C=O) groups excluding carboxylic acids is 3. The average Bonchev–Trinajstić information content (AvgIpc) is 0.951. The number of hydrogen-bond donors (Lipinski definition) is 4. The summed E-state index contributed by atoms with van der Waals surface area (Å²) >= 11 is 0. The molecule has 0 bridgehead atoms. The van der Waals surface area contributed by atoms with Crippen molar-refractivity contribution in [1.82, 2.24) is 0 Å². The van der Waals surface area contributed by atoms with E-state index in [0.29, 0.717) is 19.3 Å². The normalized spacial score (nSPS) is 14.9. The van der Waals surface area contributed by atoms with Crippen molar-refractivity contribution in [1.29, 1.82) is 0 Å². The van der Waals surface area contributed by atoms with Crippen molar-refractivity contribution in [3.8, 4) is 0 Å². The Hall–Kier alpha value is -4.83. The molecule has 0 aromatic heterocycles. The smallest absolute Gasteiger partial charge is 0.463 e. The van der Waals surface area contributed by atoms with E-state index in [-0.39, 0.29) is 19.3 Å². The van der Waals surface area contributed by atoms with Crippen LogP contribution in [0.15, 0.2) is 158 Å². The first-order valence-electron chi connectivity index (χ1n) is 38.8. The molecule has 16 nitrogen and oxygen atoms in total. The van der Waals surface area contributed by atoms with Crippen molar-refractivity contribution in [3.63, 3.8) is 0 Å². The van der Waals surface area contributed by atoms with Crippen molar-refractivity contribution in [2.75, 3.05) is 39.6 Å². The van der Waals surface area contributed by atoms with Gasteiger partial charge in [-0.15, -0.1) is 0 Å². The molecule has 0 rings (SSSR count). The van der Waals surface area contributed by atoms with Gasteiger partial charge in [0.1, 0.15) is 25.4 Å². The fourth-order valence-electron chi connectivity index (χ4n) is 9.87. The summed E-state index contributed by atoms with van der Waals surface area (Å²) in [6.07, 6.45) is 92.8. The van der Waals surface area contributed by atoms with E-state index in [1.165, 1.54) is 38.5 Å². The minimum atomic E-state index is -4.94. The second kappa shape index (κ2) is 74.9. The van der Waals surface area contributed by atoms with Gasteiger partial charge in [-0.25, -0.2) is 9.13 Å². The summed E-state index contributed by atoms with van der Waals surface area (Å²) in [5.41, 5.74) is 0. The molecule has 0 fully saturated rings. The third-order valence-corrected chi connectivity index (χ3v) is 17.6. The van der Waals surface area contributed by atoms with Gasteiger partial charge >= 0.3 is 33.6 Å². The Balaban J connectivity index is 4.62. The zero-order valence-corrected chi connectivity index (χ0v) is 64.6. The van der Waals surface area contributed by atoms with Gasteiger partial charge in [0.25, 0.3) is 0 Å². The molecule has 0 aliphatic heterocycles. The minimum absolute atomic E-state index is 0.0813. The van der Waals surface area contributed by atoms with E-state index in [1.807, 2.05) is 0 Å². The Morgan fingerprint density at radius 2 is 0.525 bits per heavy atom. The number of aliphatic hydroxyl groups excluding tert-OH is 2. The number of rotatable bonds is 72. The van der Waals surface area contributed by atoms with Gasteiger partial charge in [0.15, 0.2) is 6.10 Å². The van der Waals surface area contributed by atoms with E-state index in [0.717, 1.165) is 193 Å². The average molecular weight is 1450 g/mol. The molecule has 5 unspecified atom stereocenters. The number of unbranched alkanes of at least 4 members (excludes halogenated alkanes) is 23. The van der Waals surface area contributed by atoms with E-state index in [9.17, 15) is 43.5 Å². The highest BCUT2D eigenvalue weighted by Gasteiger charge is 2.29. The van der Waals surface area contributed by atoms with Crippen LogP contribution in [0, 0.1) is 0 Å². The first-order chi connectivity index (χ1) is 49.2. The number of hydrogen-bond acceptors (Lipinski definition) is 14. The maximum atomic E-state index is 13.0. The number of allylic oxidation sites excluding steroid dienone is 26. The number of carbonyl (C=O) groups is 3. The van der Waals surface area contributed by atoms with Gasteiger partial charge in [-0.2, -0.15) is 0 Å². The molecular formula is C83H138O16P2. The van der Waals surface area contributed by atoms with Gasteiger partial charge in [0.2, 0.25) is 0 Å². The first kappa shape index (κ1) is 96.2. The maximum absolute atomic E-state index is 13.0. The maximum Gasteiger partial charge on any atom is 0.472 e. The lowest BCUT2D eigenvalue weighted by atomic mass is 10.1. The largest absolute Gasteiger partial charge is 0.472 e.